The molecule has 0 bridgehead atoms. The molecule has 0 radical (unpaired) electrons. The summed E-state index contributed by atoms with van der Waals surface area (Å²) in [6.45, 7) is 9.74. The zero-order valence-electron chi connectivity index (χ0n) is 11.7. The summed E-state index contributed by atoms with van der Waals surface area (Å²) >= 11 is 0. The number of ether oxygens (including phenoxy) is 1. The van der Waals surface area contributed by atoms with E-state index in [9.17, 15) is 4.79 Å². The van der Waals surface area contributed by atoms with Gasteiger partial charge in [0.1, 0.15) is 5.60 Å². The van der Waals surface area contributed by atoms with E-state index in [1.807, 2.05) is 34.6 Å². The van der Waals surface area contributed by atoms with Crippen LogP contribution in [0.25, 0.3) is 0 Å². The molecule has 0 aromatic rings. The first-order valence-corrected chi connectivity index (χ1v) is 5.66. The smallest absolute Gasteiger partial charge is 0.407 e. The van der Waals surface area contributed by atoms with Crippen molar-refractivity contribution in [3.63, 3.8) is 0 Å². The number of nitrogens with two attached hydrogens (primary N) is 2. The van der Waals surface area contributed by atoms with Gasteiger partial charge in [-0.25, -0.2) is 4.79 Å². The van der Waals surface area contributed by atoms with Crippen LogP contribution in [0.15, 0.2) is 4.99 Å². The van der Waals surface area contributed by atoms with Crippen LogP contribution >= 0.6 is 24.0 Å². The molecule has 0 fully saturated rings. The van der Waals surface area contributed by atoms with Gasteiger partial charge in [-0.2, -0.15) is 0 Å². The van der Waals surface area contributed by atoms with E-state index >= 15 is 0 Å². The minimum Gasteiger partial charge on any atom is -0.444 e. The first kappa shape index (κ1) is 19.6. The van der Waals surface area contributed by atoms with Crippen LogP contribution in [0.1, 0.15) is 34.6 Å². The third-order valence-corrected chi connectivity index (χ3v) is 1.98. The lowest BCUT2D eigenvalue weighted by Crippen LogP contribution is -2.44. The van der Waals surface area contributed by atoms with E-state index in [-0.39, 0.29) is 41.9 Å². The monoisotopic (exact) mass is 372 g/mol. The topological polar surface area (TPSA) is 103 Å². The fraction of sp³-hybridized carbons (Fsp3) is 0.818. The molecule has 6 nitrogen and oxygen atoms in total. The number of halogens is 1. The summed E-state index contributed by atoms with van der Waals surface area (Å²) in [5, 5.41) is 2.75. The van der Waals surface area contributed by atoms with Crippen LogP contribution < -0.4 is 16.8 Å². The van der Waals surface area contributed by atoms with Gasteiger partial charge in [-0.15, -0.1) is 24.0 Å². The molecular formula is C11H25IN4O2. The molecule has 108 valence electrons. The fourth-order valence-electron chi connectivity index (χ4n) is 1.09. The molecular weight excluding hydrogens is 347 g/mol. The van der Waals surface area contributed by atoms with E-state index < -0.39 is 11.7 Å². The number of nitrogens with zero attached hydrogens (tertiary/aromatic N) is 1. The zero-order chi connectivity index (χ0) is 13.6. The summed E-state index contributed by atoms with van der Waals surface area (Å²) in [7, 11) is 0. The second kappa shape index (κ2) is 8.39. The molecule has 0 rings (SSSR count). The van der Waals surface area contributed by atoms with Gasteiger partial charge >= 0.3 is 6.09 Å². The summed E-state index contributed by atoms with van der Waals surface area (Å²) in [5.41, 5.74) is 10.0. The average Bonchev–Trinajstić information content (AvgIpc) is 2.08. The molecule has 0 spiro atoms. The van der Waals surface area contributed by atoms with Crippen molar-refractivity contribution < 1.29 is 9.53 Å². The van der Waals surface area contributed by atoms with E-state index in [1.165, 1.54) is 0 Å². The van der Waals surface area contributed by atoms with Gasteiger partial charge in [0, 0.05) is 0 Å². The van der Waals surface area contributed by atoms with Crippen molar-refractivity contribution in [2.24, 2.45) is 22.4 Å². The number of amides is 1. The zero-order valence-corrected chi connectivity index (χ0v) is 14.0. The summed E-state index contributed by atoms with van der Waals surface area (Å²) in [4.78, 5) is 15.5. The van der Waals surface area contributed by atoms with Gasteiger partial charge in [0.2, 0.25) is 0 Å². The summed E-state index contributed by atoms with van der Waals surface area (Å²) < 4.78 is 5.16. The molecule has 5 N–H and O–H groups in total. The highest BCUT2D eigenvalue weighted by atomic mass is 127. The van der Waals surface area contributed by atoms with Gasteiger partial charge in [0.25, 0.3) is 0 Å². The Morgan fingerprint density at radius 2 is 1.83 bits per heavy atom. The molecule has 1 amide bonds. The largest absolute Gasteiger partial charge is 0.444 e. The van der Waals surface area contributed by atoms with Gasteiger partial charge < -0.3 is 21.5 Å². The minimum atomic E-state index is -0.512. The molecule has 1 atom stereocenters. The molecule has 0 aromatic carbocycles. The van der Waals surface area contributed by atoms with Gasteiger partial charge in [-0.3, -0.25) is 4.99 Å². The standard InChI is InChI=1S/C11H24N4O2.HI/c1-7(2)8(6-14-9(12)13)15-10(16)17-11(3,4)5;/h7-8H,6H2,1-5H3,(H,15,16)(H4,12,13,14);1H. The van der Waals surface area contributed by atoms with Crippen LogP contribution in [0.2, 0.25) is 0 Å². The van der Waals surface area contributed by atoms with Crippen LogP contribution in [-0.4, -0.2) is 30.2 Å². The number of rotatable bonds is 4. The molecule has 7 heteroatoms. The number of alkyl carbamates (subject to hydrolysis) is 1. The van der Waals surface area contributed by atoms with Gasteiger partial charge in [0.05, 0.1) is 12.6 Å². The lowest BCUT2D eigenvalue weighted by molar-refractivity contribution is 0.0493. The highest BCUT2D eigenvalue weighted by molar-refractivity contribution is 14.0. The Morgan fingerprint density at radius 1 is 1.33 bits per heavy atom. The third kappa shape index (κ3) is 10.4. The quantitative estimate of drug-likeness (QED) is 0.395. The molecule has 0 aliphatic rings. The lowest BCUT2D eigenvalue weighted by atomic mass is 10.1. The second-order valence-corrected chi connectivity index (χ2v) is 5.26. The first-order valence-electron chi connectivity index (χ1n) is 5.66. The summed E-state index contributed by atoms with van der Waals surface area (Å²) in [6, 6.07) is -0.146. The number of carbonyl (C=O) groups excluding carboxylic acids is 1. The Hall–Kier alpha value is -0.730. The predicted molar refractivity (Wildman–Crippen MR) is 84.1 cm³/mol. The maximum Gasteiger partial charge on any atom is 0.407 e. The second-order valence-electron chi connectivity index (χ2n) is 5.26. The van der Waals surface area contributed by atoms with E-state index in [0.29, 0.717) is 6.54 Å². The number of carbonyl (C=O) groups is 1. The molecule has 0 aromatic heterocycles. The highest BCUT2D eigenvalue weighted by Crippen LogP contribution is 2.08. The molecule has 18 heavy (non-hydrogen) atoms. The molecule has 0 aliphatic heterocycles. The molecule has 0 saturated heterocycles. The van der Waals surface area contributed by atoms with Crippen LogP contribution in [0.4, 0.5) is 4.79 Å². The molecule has 0 aliphatic carbocycles. The minimum absolute atomic E-state index is 0. The number of guanidine groups is 1. The average molecular weight is 372 g/mol. The Labute approximate surface area is 126 Å². The van der Waals surface area contributed by atoms with Crippen LogP contribution in [0.5, 0.6) is 0 Å². The third-order valence-electron chi connectivity index (χ3n) is 1.98. The molecule has 0 heterocycles. The Balaban J connectivity index is 0. The Kier molecular flexibility index (Phi) is 9.13. The van der Waals surface area contributed by atoms with Crippen molar-refractivity contribution >= 4 is 36.0 Å². The highest BCUT2D eigenvalue weighted by Gasteiger charge is 2.21. The van der Waals surface area contributed by atoms with Gasteiger partial charge in [-0.05, 0) is 26.7 Å². The van der Waals surface area contributed by atoms with Gasteiger partial charge in [-0.1, -0.05) is 13.8 Å². The number of hydrogen-bond acceptors (Lipinski definition) is 3. The SMILES string of the molecule is CC(C)C(CN=C(N)N)NC(=O)OC(C)(C)C.I. The Morgan fingerprint density at radius 3 is 2.17 bits per heavy atom. The van der Waals surface area contributed by atoms with E-state index in [2.05, 4.69) is 10.3 Å². The van der Waals surface area contributed by atoms with Crippen molar-refractivity contribution in [1.82, 2.24) is 5.32 Å². The number of nitrogens with one attached hydrogen (secondary N) is 1. The van der Waals surface area contributed by atoms with E-state index in [0.717, 1.165) is 0 Å². The van der Waals surface area contributed by atoms with Crippen LogP contribution in [0, 0.1) is 5.92 Å². The van der Waals surface area contributed by atoms with Crippen molar-refractivity contribution in [3.05, 3.63) is 0 Å². The van der Waals surface area contributed by atoms with Crippen molar-refractivity contribution in [2.45, 2.75) is 46.3 Å². The summed E-state index contributed by atoms with van der Waals surface area (Å²) in [6.07, 6.45) is -0.456. The Bertz CT molecular complexity index is 283. The van der Waals surface area contributed by atoms with Crippen LogP contribution in [0.3, 0.4) is 0 Å². The van der Waals surface area contributed by atoms with Gasteiger partial charge in [0.15, 0.2) is 5.96 Å². The molecule has 0 saturated carbocycles. The maximum atomic E-state index is 11.6. The number of aliphatic imine (C=N–C) groups is 1. The number of hydrogen-bond donors (Lipinski definition) is 3. The molecule has 1 unspecified atom stereocenters. The van der Waals surface area contributed by atoms with E-state index in [1.54, 1.807) is 0 Å². The normalized spacial score (nSPS) is 12.3. The van der Waals surface area contributed by atoms with Crippen molar-refractivity contribution in [2.75, 3.05) is 6.54 Å². The van der Waals surface area contributed by atoms with Crippen LogP contribution in [-0.2, 0) is 4.74 Å². The van der Waals surface area contributed by atoms with Crippen molar-refractivity contribution in [3.8, 4) is 0 Å². The van der Waals surface area contributed by atoms with E-state index in [4.69, 9.17) is 16.2 Å². The van der Waals surface area contributed by atoms with Crippen molar-refractivity contribution in [1.29, 1.82) is 0 Å². The fourth-order valence-corrected chi connectivity index (χ4v) is 1.09. The maximum absolute atomic E-state index is 11.6. The first-order chi connectivity index (χ1) is 7.61. The lowest BCUT2D eigenvalue weighted by Gasteiger charge is -2.24. The predicted octanol–water partition coefficient (Wildman–Crippen LogP) is 1.43. The summed E-state index contributed by atoms with van der Waals surface area (Å²) in [5.74, 6) is 0.229.